The van der Waals surface area contributed by atoms with Gasteiger partial charge in [0.15, 0.2) is 0 Å². The number of carbonyl (C=O) groups is 2. The third-order valence-corrected chi connectivity index (χ3v) is 4.27. The van der Waals surface area contributed by atoms with Gasteiger partial charge in [-0.25, -0.2) is 9.59 Å². The molecule has 2 N–H and O–H groups in total. The summed E-state index contributed by atoms with van der Waals surface area (Å²) in [4.78, 5) is 30.7. The molecule has 1 aliphatic heterocycles. The van der Waals surface area contributed by atoms with E-state index in [4.69, 9.17) is 4.74 Å². The smallest absolute Gasteiger partial charge is 0.410 e. The van der Waals surface area contributed by atoms with E-state index >= 15 is 0 Å². The fourth-order valence-electron chi connectivity index (χ4n) is 3.13. The fourth-order valence-corrected chi connectivity index (χ4v) is 3.13. The molecule has 1 unspecified atom stereocenters. The van der Waals surface area contributed by atoms with Crippen molar-refractivity contribution in [2.75, 3.05) is 18.4 Å². The molecule has 0 aliphatic carbocycles. The average Bonchev–Trinajstić information content (AvgIpc) is 3.01. The third kappa shape index (κ3) is 4.87. The van der Waals surface area contributed by atoms with Crippen molar-refractivity contribution in [1.29, 1.82) is 0 Å². The first-order valence-electron chi connectivity index (χ1n) is 9.13. The van der Waals surface area contributed by atoms with E-state index in [-0.39, 0.29) is 18.2 Å². The Kier molecular flexibility index (Phi) is 5.21. The van der Waals surface area contributed by atoms with Crippen molar-refractivity contribution in [3.05, 3.63) is 36.0 Å². The van der Waals surface area contributed by atoms with Crippen LogP contribution in [0.4, 0.5) is 15.3 Å². The van der Waals surface area contributed by atoms with Gasteiger partial charge in [0, 0.05) is 30.2 Å². The molecule has 1 saturated heterocycles. The van der Waals surface area contributed by atoms with Crippen molar-refractivity contribution in [2.45, 2.75) is 45.8 Å². The fraction of sp³-hybridized carbons (Fsp3) is 0.450. The summed E-state index contributed by atoms with van der Waals surface area (Å²) in [6.07, 6.45) is 0.353. The van der Waals surface area contributed by atoms with Gasteiger partial charge in [0.05, 0.1) is 11.2 Å². The number of nitrogens with one attached hydrogen (secondary N) is 2. The first kappa shape index (κ1) is 18.9. The number of aryl methyl sites for hydroxylation is 1. The van der Waals surface area contributed by atoms with Gasteiger partial charge in [0.25, 0.3) is 0 Å². The van der Waals surface area contributed by atoms with E-state index in [2.05, 4.69) is 15.6 Å². The number of rotatable bonds is 2. The van der Waals surface area contributed by atoms with E-state index in [1.807, 2.05) is 58.0 Å². The maximum atomic E-state index is 12.5. The second-order valence-electron chi connectivity index (χ2n) is 7.84. The number of fused-ring (bicyclic) bond motifs is 1. The maximum absolute atomic E-state index is 12.5. The lowest BCUT2D eigenvalue weighted by Gasteiger charge is -2.24. The van der Waals surface area contributed by atoms with Crippen LogP contribution in [0.25, 0.3) is 10.9 Å². The molecule has 7 nitrogen and oxygen atoms in total. The van der Waals surface area contributed by atoms with Gasteiger partial charge in [-0.2, -0.15) is 0 Å². The van der Waals surface area contributed by atoms with Crippen LogP contribution in [-0.4, -0.2) is 46.7 Å². The largest absolute Gasteiger partial charge is 0.444 e. The quantitative estimate of drug-likeness (QED) is 0.845. The van der Waals surface area contributed by atoms with Crippen molar-refractivity contribution >= 4 is 28.7 Å². The maximum Gasteiger partial charge on any atom is 0.410 e. The lowest BCUT2D eigenvalue weighted by Crippen LogP contribution is -2.41. The molecule has 0 bridgehead atoms. The number of amides is 3. The second kappa shape index (κ2) is 7.42. The highest BCUT2D eigenvalue weighted by molar-refractivity contribution is 6.00. The molecule has 0 radical (unpaired) electrons. The van der Waals surface area contributed by atoms with Gasteiger partial charge in [-0.15, -0.1) is 0 Å². The third-order valence-electron chi connectivity index (χ3n) is 4.27. The second-order valence-corrected chi connectivity index (χ2v) is 7.84. The summed E-state index contributed by atoms with van der Waals surface area (Å²) in [5.41, 5.74) is 1.86. The molecule has 144 valence electrons. The van der Waals surface area contributed by atoms with E-state index in [9.17, 15) is 9.59 Å². The van der Waals surface area contributed by atoms with Crippen molar-refractivity contribution in [1.82, 2.24) is 15.2 Å². The molecule has 1 atom stereocenters. The van der Waals surface area contributed by atoms with E-state index < -0.39 is 5.60 Å². The van der Waals surface area contributed by atoms with Gasteiger partial charge < -0.3 is 20.3 Å². The van der Waals surface area contributed by atoms with Gasteiger partial charge in [-0.3, -0.25) is 4.98 Å². The number of nitrogens with zero attached hydrogens (tertiary/aromatic N) is 2. The predicted molar refractivity (Wildman–Crippen MR) is 105 cm³/mol. The number of hydrogen-bond acceptors (Lipinski definition) is 4. The molecule has 0 spiro atoms. The monoisotopic (exact) mass is 370 g/mol. The molecule has 0 saturated carbocycles. The summed E-state index contributed by atoms with van der Waals surface area (Å²) in [6.45, 7) is 8.42. The van der Waals surface area contributed by atoms with Crippen LogP contribution in [0, 0.1) is 6.92 Å². The van der Waals surface area contributed by atoms with Crippen LogP contribution < -0.4 is 10.6 Å². The molecule has 2 aromatic rings. The molecular formula is C20H26N4O3. The highest BCUT2D eigenvalue weighted by Crippen LogP contribution is 2.23. The highest BCUT2D eigenvalue weighted by Gasteiger charge is 2.30. The van der Waals surface area contributed by atoms with Gasteiger partial charge in [-0.1, -0.05) is 18.2 Å². The lowest BCUT2D eigenvalue weighted by molar-refractivity contribution is 0.0291. The van der Waals surface area contributed by atoms with Crippen LogP contribution in [0.2, 0.25) is 0 Å². The van der Waals surface area contributed by atoms with Gasteiger partial charge in [0.1, 0.15) is 5.60 Å². The number of carbonyl (C=O) groups excluding carboxylic acids is 2. The van der Waals surface area contributed by atoms with Crippen molar-refractivity contribution in [2.24, 2.45) is 0 Å². The Labute approximate surface area is 159 Å². The summed E-state index contributed by atoms with van der Waals surface area (Å²) in [5.74, 6) is 0. The first-order valence-corrected chi connectivity index (χ1v) is 9.13. The van der Waals surface area contributed by atoms with Crippen molar-refractivity contribution in [3.8, 4) is 0 Å². The van der Waals surface area contributed by atoms with E-state index in [0.717, 1.165) is 22.3 Å². The highest BCUT2D eigenvalue weighted by atomic mass is 16.6. The van der Waals surface area contributed by atoms with Crippen LogP contribution in [-0.2, 0) is 4.74 Å². The molecule has 27 heavy (non-hydrogen) atoms. The van der Waals surface area contributed by atoms with Gasteiger partial charge >= 0.3 is 12.1 Å². The number of likely N-dealkylation sites (tertiary alicyclic amines) is 1. The van der Waals surface area contributed by atoms with Crippen LogP contribution in [0.3, 0.4) is 0 Å². The zero-order chi connectivity index (χ0) is 19.6. The van der Waals surface area contributed by atoms with Crippen LogP contribution in [0.1, 0.15) is 32.9 Å². The number of benzene rings is 1. The summed E-state index contributed by atoms with van der Waals surface area (Å²) in [5, 5.41) is 6.74. The molecule has 3 rings (SSSR count). The summed E-state index contributed by atoms with van der Waals surface area (Å²) >= 11 is 0. The minimum absolute atomic E-state index is 0.105. The van der Waals surface area contributed by atoms with E-state index in [0.29, 0.717) is 19.5 Å². The zero-order valence-corrected chi connectivity index (χ0v) is 16.2. The Balaban J connectivity index is 1.60. The van der Waals surface area contributed by atoms with E-state index in [1.54, 1.807) is 4.90 Å². The number of urea groups is 1. The zero-order valence-electron chi connectivity index (χ0n) is 16.2. The van der Waals surface area contributed by atoms with Crippen molar-refractivity contribution < 1.29 is 14.3 Å². The van der Waals surface area contributed by atoms with Crippen LogP contribution in [0.15, 0.2) is 30.3 Å². The van der Waals surface area contributed by atoms with Crippen LogP contribution >= 0.6 is 0 Å². The first-order chi connectivity index (χ1) is 12.7. The van der Waals surface area contributed by atoms with Gasteiger partial charge in [0.2, 0.25) is 0 Å². The average molecular weight is 370 g/mol. The van der Waals surface area contributed by atoms with Crippen LogP contribution in [0.5, 0.6) is 0 Å². The lowest BCUT2D eigenvalue weighted by atomic mass is 10.1. The Morgan fingerprint density at radius 1 is 1.26 bits per heavy atom. The SMILES string of the molecule is Cc1cc(NC(=O)NC2CCN(C(=O)OC(C)(C)C)C2)c2ccccc2n1. The van der Waals surface area contributed by atoms with E-state index in [1.165, 1.54) is 0 Å². The molecule has 7 heteroatoms. The molecule has 1 aromatic heterocycles. The summed E-state index contributed by atoms with van der Waals surface area (Å²) in [7, 11) is 0. The normalized spacial score (nSPS) is 17.0. The Hall–Kier alpha value is -2.83. The summed E-state index contributed by atoms with van der Waals surface area (Å²) < 4.78 is 5.38. The van der Waals surface area contributed by atoms with Crippen molar-refractivity contribution in [3.63, 3.8) is 0 Å². The Bertz CT molecular complexity index is 860. The number of para-hydroxylation sites is 1. The van der Waals surface area contributed by atoms with Gasteiger partial charge in [-0.05, 0) is 46.2 Å². The minimum Gasteiger partial charge on any atom is -0.444 e. The minimum atomic E-state index is -0.528. The molecular weight excluding hydrogens is 344 g/mol. The number of aromatic nitrogens is 1. The predicted octanol–water partition coefficient (Wildman–Crippen LogP) is 3.67. The number of hydrogen-bond donors (Lipinski definition) is 2. The number of ether oxygens (including phenoxy) is 1. The standard InChI is InChI=1S/C20H26N4O3/c1-13-11-17(15-7-5-6-8-16(15)21-13)23-18(25)22-14-9-10-24(12-14)19(26)27-20(2,3)4/h5-8,11,14H,9-10,12H2,1-4H3,(H2,21,22,23,25). The summed E-state index contributed by atoms with van der Waals surface area (Å²) in [6, 6.07) is 9.14. The Morgan fingerprint density at radius 3 is 2.74 bits per heavy atom. The molecule has 2 heterocycles. The molecule has 3 amide bonds. The molecule has 1 aliphatic rings. The number of anilines is 1. The topological polar surface area (TPSA) is 83.6 Å². The molecule has 1 fully saturated rings. The molecule has 1 aromatic carbocycles. The Morgan fingerprint density at radius 2 is 2.00 bits per heavy atom. The number of pyridine rings is 1.